The topological polar surface area (TPSA) is 74.4 Å². The van der Waals surface area contributed by atoms with Crippen molar-refractivity contribution in [3.8, 4) is 0 Å². The second-order valence-corrected chi connectivity index (χ2v) is 4.32. The first kappa shape index (κ1) is 14.9. The van der Waals surface area contributed by atoms with Gasteiger partial charge in [-0.1, -0.05) is 19.9 Å². The van der Waals surface area contributed by atoms with Gasteiger partial charge in [0.25, 0.3) is 0 Å². The first-order valence-corrected chi connectivity index (χ1v) is 6.52. The zero-order chi connectivity index (χ0) is 13.4. The molecule has 0 aliphatic carbocycles. The van der Waals surface area contributed by atoms with E-state index < -0.39 is 0 Å². The second-order valence-electron chi connectivity index (χ2n) is 4.32. The summed E-state index contributed by atoms with van der Waals surface area (Å²) in [6.07, 6.45) is 2.15. The molecule has 0 aromatic carbocycles. The Morgan fingerprint density at radius 2 is 2.11 bits per heavy atom. The maximum absolute atomic E-state index is 9.16. The smallest absolute Gasteiger partial charge is 0.140 e. The number of nitrogen functional groups attached to an aromatic ring is 1. The highest BCUT2D eigenvalue weighted by molar-refractivity contribution is 5.33. The third kappa shape index (κ3) is 4.25. The summed E-state index contributed by atoms with van der Waals surface area (Å²) in [6, 6.07) is 6.22. The average molecular weight is 252 g/mol. The number of aromatic nitrogens is 1. The summed E-state index contributed by atoms with van der Waals surface area (Å²) in [5, 5.41) is 9.16. The molecule has 0 spiro atoms. The largest absolute Gasteiger partial charge is 0.395 e. The van der Waals surface area contributed by atoms with Crippen molar-refractivity contribution in [3.05, 3.63) is 23.9 Å². The molecule has 1 heterocycles. The summed E-state index contributed by atoms with van der Waals surface area (Å²) in [6.45, 7) is 5.93. The Morgan fingerprint density at radius 1 is 1.39 bits per heavy atom. The van der Waals surface area contributed by atoms with Crippen molar-refractivity contribution in [2.24, 2.45) is 5.84 Å². The molecular formula is C13H24N4O. The third-order valence-corrected chi connectivity index (χ3v) is 3.17. The lowest BCUT2D eigenvalue weighted by atomic mass is 10.1. The van der Waals surface area contributed by atoms with Crippen LogP contribution in [0.3, 0.4) is 0 Å². The lowest BCUT2D eigenvalue weighted by Crippen LogP contribution is -2.36. The molecule has 102 valence electrons. The summed E-state index contributed by atoms with van der Waals surface area (Å²) in [4.78, 5) is 6.67. The molecule has 0 unspecified atom stereocenters. The van der Waals surface area contributed by atoms with Gasteiger partial charge in [0.05, 0.1) is 12.3 Å². The zero-order valence-electron chi connectivity index (χ0n) is 11.3. The molecule has 4 N–H and O–H groups in total. The minimum atomic E-state index is 0.172. The maximum atomic E-state index is 9.16. The van der Waals surface area contributed by atoms with Crippen LogP contribution in [0.1, 0.15) is 32.4 Å². The molecule has 0 atom stereocenters. The summed E-state index contributed by atoms with van der Waals surface area (Å²) in [5.74, 6) is 6.02. The minimum absolute atomic E-state index is 0.172. The van der Waals surface area contributed by atoms with Crippen LogP contribution in [0.2, 0.25) is 0 Å². The lowest BCUT2D eigenvalue weighted by molar-refractivity contribution is 0.135. The van der Waals surface area contributed by atoms with E-state index in [4.69, 9.17) is 10.9 Å². The van der Waals surface area contributed by atoms with Crippen molar-refractivity contribution in [2.45, 2.75) is 39.3 Å². The van der Waals surface area contributed by atoms with Crippen LogP contribution in [0.15, 0.2) is 18.2 Å². The van der Waals surface area contributed by atoms with Crippen molar-refractivity contribution in [3.63, 3.8) is 0 Å². The fraction of sp³-hybridized carbons (Fsp3) is 0.615. The Bertz CT molecular complexity index is 342. The molecule has 0 aliphatic rings. The fourth-order valence-corrected chi connectivity index (χ4v) is 2.18. The number of nitrogens with two attached hydrogens (primary N) is 1. The SMILES string of the molecule is CCC(CC)N(CCO)Cc1cccc(NN)n1. The van der Waals surface area contributed by atoms with E-state index in [9.17, 15) is 0 Å². The number of rotatable bonds is 8. The van der Waals surface area contributed by atoms with E-state index in [1.807, 2.05) is 18.2 Å². The fourth-order valence-electron chi connectivity index (χ4n) is 2.18. The van der Waals surface area contributed by atoms with Crippen molar-refractivity contribution < 1.29 is 5.11 Å². The Balaban J connectivity index is 2.75. The van der Waals surface area contributed by atoms with E-state index in [1.54, 1.807) is 0 Å². The van der Waals surface area contributed by atoms with Crippen LogP contribution in [0.4, 0.5) is 5.82 Å². The molecule has 0 amide bonds. The highest BCUT2D eigenvalue weighted by Crippen LogP contribution is 2.13. The Kier molecular flexibility index (Phi) is 6.64. The van der Waals surface area contributed by atoms with Crippen LogP contribution in [0.5, 0.6) is 0 Å². The van der Waals surface area contributed by atoms with Crippen molar-refractivity contribution in [1.29, 1.82) is 0 Å². The van der Waals surface area contributed by atoms with Crippen molar-refractivity contribution in [1.82, 2.24) is 9.88 Å². The summed E-state index contributed by atoms with van der Waals surface area (Å²) in [5.41, 5.74) is 3.51. The molecule has 5 nitrogen and oxygen atoms in total. The molecule has 5 heteroatoms. The van der Waals surface area contributed by atoms with Gasteiger partial charge in [0.15, 0.2) is 0 Å². The number of aliphatic hydroxyl groups excluding tert-OH is 1. The molecule has 0 aliphatic heterocycles. The molecular weight excluding hydrogens is 228 g/mol. The number of hydrazine groups is 1. The van der Waals surface area contributed by atoms with Gasteiger partial charge >= 0.3 is 0 Å². The molecule has 0 radical (unpaired) electrons. The monoisotopic (exact) mass is 252 g/mol. The Labute approximate surface area is 109 Å². The Hall–Kier alpha value is -1.17. The lowest BCUT2D eigenvalue weighted by Gasteiger charge is -2.29. The van der Waals surface area contributed by atoms with Gasteiger partial charge in [-0.15, -0.1) is 0 Å². The van der Waals surface area contributed by atoms with Gasteiger partial charge in [-0.2, -0.15) is 0 Å². The first-order chi connectivity index (χ1) is 8.74. The van der Waals surface area contributed by atoms with Crippen molar-refractivity contribution in [2.75, 3.05) is 18.6 Å². The van der Waals surface area contributed by atoms with E-state index in [1.165, 1.54) is 0 Å². The normalized spacial score (nSPS) is 11.2. The summed E-state index contributed by atoms with van der Waals surface area (Å²) in [7, 11) is 0. The molecule has 1 aromatic rings. The number of nitrogens with zero attached hydrogens (tertiary/aromatic N) is 2. The molecule has 0 saturated carbocycles. The van der Waals surface area contributed by atoms with Gasteiger partial charge < -0.3 is 10.5 Å². The molecule has 0 bridgehead atoms. The van der Waals surface area contributed by atoms with Crippen molar-refractivity contribution >= 4 is 5.82 Å². The quantitative estimate of drug-likeness (QED) is 0.481. The van der Waals surface area contributed by atoms with Gasteiger partial charge in [0.1, 0.15) is 5.82 Å². The van der Waals surface area contributed by atoms with Gasteiger partial charge in [0, 0.05) is 19.1 Å². The molecule has 18 heavy (non-hydrogen) atoms. The van der Waals surface area contributed by atoms with E-state index in [0.29, 0.717) is 18.4 Å². The van der Waals surface area contributed by atoms with E-state index in [-0.39, 0.29) is 6.61 Å². The summed E-state index contributed by atoms with van der Waals surface area (Å²) < 4.78 is 0. The standard InChI is InChI=1S/C13H24N4O/c1-3-12(4-2)17(8-9-18)10-11-6-5-7-13(15-11)16-14/h5-7,12,18H,3-4,8-10,14H2,1-2H3,(H,15,16). The van der Waals surface area contributed by atoms with Gasteiger partial charge in [-0.05, 0) is 25.0 Å². The predicted octanol–water partition coefficient (Wildman–Crippen LogP) is 1.35. The van der Waals surface area contributed by atoms with Crippen LogP contribution in [-0.2, 0) is 6.54 Å². The number of pyridine rings is 1. The molecule has 0 fully saturated rings. The third-order valence-electron chi connectivity index (χ3n) is 3.17. The predicted molar refractivity (Wildman–Crippen MR) is 73.9 cm³/mol. The van der Waals surface area contributed by atoms with E-state index >= 15 is 0 Å². The van der Waals surface area contributed by atoms with Crippen LogP contribution < -0.4 is 11.3 Å². The van der Waals surface area contributed by atoms with Gasteiger partial charge in [0.2, 0.25) is 0 Å². The van der Waals surface area contributed by atoms with Crippen LogP contribution in [0.25, 0.3) is 0 Å². The van der Waals surface area contributed by atoms with E-state index in [2.05, 4.69) is 29.2 Å². The summed E-state index contributed by atoms with van der Waals surface area (Å²) >= 11 is 0. The molecule has 1 rings (SSSR count). The zero-order valence-corrected chi connectivity index (χ0v) is 11.3. The first-order valence-electron chi connectivity index (χ1n) is 6.52. The molecule has 0 saturated heterocycles. The maximum Gasteiger partial charge on any atom is 0.140 e. The number of hydrogen-bond acceptors (Lipinski definition) is 5. The molecule has 1 aromatic heterocycles. The number of aliphatic hydroxyl groups is 1. The second kappa shape index (κ2) is 8.02. The van der Waals surface area contributed by atoms with E-state index in [0.717, 1.165) is 25.1 Å². The number of hydrogen-bond donors (Lipinski definition) is 3. The highest BCUT2D eigenvalue weighted by Gasteiger charge is 2.15. The highest BCUT2D eigenvalue weighted by atomic mass is 16.3. The van der Waals surface area contributed by atoms with Crippen LogP contribution in [-0.4, -0.2) is 34.2 Å². The van der Waals surface area contributed by atoms with Crippen LogP contribution >= 0.6 is 0 Å². The van der Waals surface area contributed by atoms with Gasteiger partial charge in [-0.25, -0.2) is 10.8 Å². The van der Waals surface area contributed by atoms with Gasteiger partial charge in [-0.3, -0.25) is 4.90 Å². The average Bonchev–Trinajstić information content (AvgIpc) is 2.40. The minimum Gasteiger partial charge on any atom is -0.395 e. The Morgan fingerprint density at radius 3 is 2.67 bits per heavy atom. The number of anilines is 1. The van der Waals surface area contributed by atoms with Crippen LogP contribution in [0, 0.1) is 0 Å². The number of nitrogens with one attached hydrogen (secondary N) is 1.